The van der Waals surface area contributed by atoms with Crippen LogP contribution in [0.5, 0.6) is 11.5 Å². The third kappa shape index (κ3) is 11.1. The Bertz CT molecular complexity index is 1050. The Morgan fingerprint density at radius 2 is 1.68 bits per heavy atom. The van der Waals surface area contributed by atoms with Crippen molar-refractivity contribution in [3.05, 3.63) is 39.8 Å². The average molecular weight is 537 g/mol. The Kier molecular flexibility index (Phi) is 11.3. The molecule has 0 spiro atoms. The minimum atomic E-state index is -1.82. The van der Waals surface area contributed by atoms with Gasteiger partial charge in [0.1, 0.15) is 6.61 Å². The highest BCUT2D eigenvalue weighted by molar-refractivity contribution is 7.09. The number of hydrogen-bond acceptors (Lipinski definition) is 9. The van der Waals surface area contributed by atoms with Crippen LogP contribution in [0.3, 0.4) is 0 Å². The molecule has 1 aromatic carbocycles. The lowest BCUT2D eigenvalue weighted by Crippen LogP contribution is -2.51. The van der Waals surface area contributed by atoms with Gasteiger partial charge in [-0.05, 0) is 45.4 Å². The van der Waals surface area contributed by atoms with Crippen molar-refractivity contribution in [3.63, 3.8) is 0 Å². The minimum Gasteiger partial charge on any atom is -0.493 e. The molecule has 0 aliphatic carbocycles. The van der Waals surface area contributed by atoms with Gasteiger partial charge in [0, 0.05) is 43.6 Å². The van der Waals surface area contributed by atoms with Crippen molar-refractivity contribution in [1.82, 2.24) is 20.1 Å². The number of rotatable bonds is 8. The van der Waals surface area contributed by atoms with Gasteiger partial charge < -0.3 is 25.0 Å². The molecule has 0 saturated carbocycles. The van der Waals surface area contributed by atoms with Crippen LogP contribution in [0, 0.1) is 6.92 Å². The van der Waals surface area contributed by atoms with E-state index in [4.69, 9.17) is 29.3 Å². The average Bonchev–Trinajstić information content (AvgIpc) is 3.23. The Balaban J connectivity index is 0.000000717. The number of aromatic nitrogens is 1. The topological polar surface area (TPSA) is 142 Å². The number of piperazine rings is 1. The summed E-state index contributed by atoms with van der Waals surface area (Å²) in [7, 11) is 1.67. The van der Waals surface area contributed by atoms with E-state index in [2.05, 4.69) is 26.2 Å². The molecule has 0 atom stereocenters. The van der Waals surface area contributed by atoms with E-state index >= 15 is 0 Å². The maximum Gasteiger partial charge on any atom is 0.414 e. The standard InChI is InChI=1S/C23H34N4O3S.C2H2O4/c1-17-24-19(16-31-17)15-30-20-7-6-18(12-21(20)29-5)13-26-8-10-27(11-9-26)14-22(28)25-23(2,3)4;3-1(4)2(5)6/h6-7,12,16H,8-11,13-15H2,1-5H3,(H,25,28);(H,3,4)(H,5,6). The van der Waals surface area contributed by atoms with E-state index in [1.54, 1.807) is 18.4 Å². The lowest BCUT2D eigenvalue weighted by Gasteiger charge is -2.35. The van der Waals surface area contributed by atoms with E-state index in [1.807, 2.05) is 45.2 Å². The number of carboxylic acids is 2. The zero-order valence-electron chi connectivity index (χ0n) is 21.9. The van der Waals surface area contributed by atoms with Gasteiger partial charge in [-0.2, -0.15) is 0 Å². The molecule has 1 amide bonds. The number of aliphatic carboxylic acids is 2. The lowest BCUT2D eigenvalue weighted by atomic mass is 10.1. The molecule has 11 nitrogen and oxygen atoms in total. The first-order valence-corrected chi connectivity index (χ1v) is 12.7. The number of thiazole rings is 1. The first kappa shape index (κ1) is 30.0. The van der Waals surface area contributed by atoms with Gasteiger partial charge in [0.25, 0.3) is 0 Å². The largest absolute Gasteiger partial charge is 0.493 e. The molecule has 1 saturated heterocycles. The highest BCUT2D eigenvalue weighted by Gasteiger charge is 2.21. The van der Waals surface area contributed by atoms with Crippen molar-refractivity contribution in [2.75, 3.05) is 39.8 Å². The van der Waals surface area contributed by atoms with Gasteiger partial charge in [-0.25, -0.2) is 14.6 Å². The molecular weight excluding hydrogens is 500 g/mol. The second-order valence-electron chi connectivity index (χ2n) is 9.59. The zero-order chi connectivity index (χ0) is 27.6. The Morgan fingerprint density at radius 3 is 2.19 bits per heavy atom. The first-order valence-electron chi connectivity index (χ1n) is 11.8. The Hall–Kier alpha value is -3.22. The minimum absolute atomic E-state index is 0.0917. The van der Waals surface area contributed by atoms with Crippen molar-refractivity contribution >= 4 is 29.2 Å². The molecule has 0 bridgehead atoms. The number of nitrogens with one attached hydrogen (secondary N) is 1. The third-order valence-electron chi connectivity index (χ3n) is 5.21. The summed E-state index contributed by atoms with van der Waals surface area (Å²) in [6.45, 7) is 13.4. The molecule has 204 valence electrons. The number of ether oxygens (including phenoxy) is 2. The molecule has 1 aliphatic rings. The molecule has 1 aliphatic heterocycles. The van der Waals surface area contributed by atoms with E-state index in [0.29, 0.717) is 13.2 Å². The number of carbonyl (C=O) groups is 3. The number of carbonyl (C=O) groups excluding carboxylic acids is 1. The summed E-state index contributed by atoms with van der Waals surface area (Å²) in [6, 6.07) is 6.11. The van der Waals surface area contributed by atoms with Gasteiger partial charge in [-0.1, -0.05) is 6.07 Å². The number of aryl methyl sites for hydroxylation is 1. The number of carboxylic acid groups (broad SMARTS) is 2. The lowest BCUT2D eigenvalue weighted by molar-refractivity contribution is -0.159. The van der Waals surface area contributed by atoms with Gasteiger partial charge in [-0.3, -0.25) is 14.6 Å². The molecule has 3 rings (SSSR count). The van der Waals surface area contributed by atoms with Crippen molar-refractivity contribution in [2.45, 2.75) is 46.4 Å². The molecule has 0 unspecified atom stereocenters. The van der Waals surface area contributed by atoms with Crippen molar-refractivity contribution < 1.29 is 34.1 Å². The summed E-state index contributed by atoms with van der Waals surface area (Å²) in [5.74, 6) is -2.09. The van der Waals surface area contributed by atoms with Crippen molar-refractivity contribution in [2.24, 2.45) is 0 Å². The van der Waals surface area contributed by atoms with Gasteiger partial charge in [0.15, 0.2) is 11.5 Å². The van der Waals surface area contributed by atoms with E-state index < -0.39 is 11.9 Å². The molecule has 3 N–H and O–H groups in total. The SMILES string of the molecule is COc1cc(CN2CCN(CC(=O)NC(C)(C)C)CC2)ccc1OCc1csc(C)n1.O=C(O)C(=O)O. The number of methoxy groups -OCH3 is 1. The summed E-state index contributed by atoms with van der Waals surface area (Å²) >= 11 is 1.62. The maximum atomic E-state index is 12.2. The predicted octanol–water partition coefficient (Wildman–Crippen LogP) is 2.23. The molecule has 1 aromatic heterocycles. The Morgan fingerprint density at radius 1 is 1.05 bits per heavy atom. The molecule has 2 heterocycles. The fourth-order valence-corrected chi connectivity index (χ4v) is 4.18. The molecular formula is C25H36N4O7S. The quantitative estimate of drug-likeness (QED) is 0.430. The summed E-state index contributed by atoms with van der Waals surface area (Å²) in [6.07, 6.45) is 0. The van der Waals surface area contributed by atoms with Crippen LogP contribution in [-0.4, -0.2) is 88.2 Å². The fourth-order valence-electron chi connectivity index (χ4n) is 3.58. The van der Waals surface area contributed by atoms with Gasteiger partial charge in [-0.15, -0.1) is 11.3 Å². The Labute approximate surface area is 221 Å². The number of hydrogen-bond donors (Lipinski definition) is 3. The second kappa shape index (κ2) is 13.9. The van der Waals surface area contributed by atoms with Crippen LogP contribution in [-0.2, 0) is 27.5 Å². The van der Waals surface area contributed by atoms with Crippen LogP contribution < -0.4 is 14.8 Å². The number of nitrogens with zero attached hydrogens (tertiary/aromatic N) is 3. The summed E-state index contributed by atoms with van der Waals surface area (Å²) in [4.78, 5) is 39.4. The summed E-state index contributed by atoms with van der Waals surface area (Å²) in [5.41, 5.74) is 1.93. The van der Waals surface area contributed by atoms with E-state index in [1.165, 1.54) is 5.56 Å². The first-order chi connectivity index (χ1) is 17.4. The van der Waals surface area contributed by atoms with Gasteiger partial charge in [0.05, 0.1) is 24.4 Å². The summed E-state index contributed by atoms with van der Waals surface area (Å²) < 4.78 is 11.5. The van der Waals surface area contributed by atoms with Crippen LogP contribution in [0.15, 0.2) is 23.6 Å². The normalized spacial score (nSPS) is 14.3. The third-order valence-corrected chi connectivity index (χ3v) is 6.03. The molecule has 0 radical (unpaired) electrons. The maximum absolute atomic E-state index is 12.2. The highest BCUT2D eigenvalue weighted by atomic mass is 32.1. The molecule has 2 aromatic rings. The molecule has 1 fully saturated rings. The number of amides is 1. The molecule has 37 heavy (non-hydrogen) atoms. The second-order valence-corrected chi connectivity index (χ2v) is 10.7. The monoisotopic (exact) mass is 536 g/mol. The van der Waals surface area contributed by atoms with Crippen LogP contribution in [0.2, 0.25) is 0 Å². The molecule has 12 heteroatoms. The van der Waals surface area contributed by atoms with Crippen LogP contribution in [0.25, 0.3) is 0 Å². The fraction of sp³-hybridized carbons (Fsp3) is 0.520. The van der Waals surface area contributed by atoms with Gasteiger partial charge >= 0.3 is 11.9 Å². The van der Waals surface area contributed by atoms with Crippen LogP contribution >= 0.6 is 11.3 Å². The summed E-state index contributed by atoms with van der Waals surface area (Å²) in [5, 5.41) is 20.9. The van der Waals surface area contributed by atoms with E-state index in [-0.39, 0.29) is 11.4 Å². The smallest absolute Gasteiger partial charge is 0.414 e. The predicted molar refractivity (Wildman–Crippen MR) is 139 cm³/mol. The zero-order valence-corrected chi connectivity index (χ0v) is 22.8. The van der Waals surface area contributed by atoms with Crippen molar-refractivity contribution in [1.29, 1.82) is 0 Å². The van der Waals surface area contributed by atoms with Crippen molar-refractivity contribution in [3.8, 4) is 11.5 Å². The highest BCUT2D eigenvalue weighted by Crippen LogP contribution is 2.29. The van der Waals surface area contributed by atoms with E-state index in [9.17, 15) is 4.79 Å². The van der Waals surface area contributed by atoms with Crippen LogP contribution in [0.1, 0.15) is 37.0 Å². The van der Waals surface area contributed by atoms with E-state index in [0.717, 1.165) is 54.9 Å². The van der Waals surface area contributed by atoms with Gasteiger partial charge in [0.2, 0.25) is 5.91 Å². The van der Waals surface area contributed by atoms with Crippen LogP contribution in [0.4, 0.5) is 0 Å². The number of benzene rings is 1.